The number of ketones is 1. The Labute approximate surface area is 169 Å². The van der Waals surface area contributed by atoms with Gasteiger partial charge >= 0.3 is 0 Å². The maximum absolute atomic E-state index is 12.9. The van der Waals surface area contributed by atoms with Gasteiger partial charge in [-0.3, -0.25) is 9.59 Å². The maximum atomic E-state index is 12.9. The lowest BCUT2D eigenvalue weighted by atomic mass is 9.99. The lowest BCUT2D eigenvalue weighted by molar-refractivity contribution is 0.0950. The number of rotatable bonds is 7. The van der Waals surface area contributed by atoms with Gasteiger partial charge in [-0.1, -0.05) is 18.2 Å². The third-order valence-electron chi connectivity index (χ3n) is 5.89. The van der Waals surface area contributed by atoms with Crippen LogP contribution >= 0.6 is 0 Å². The third kappa shape index (κ3) is 3.75. The molecule has 152 valence electrons. The molecule has 1 aromatic carbocycles. The van der Waals surface area contributed by atoms with Crippen LogP contribution in [0.15, 0.2) is 36.4 Å². The molecule has 2 aromatic rings. The molecule has 1 aliphatic heterocycles. The standard InChI is InChI=1S/C22H24N2O5/c1-23-22(27)18-8-12(19(25)9-14-15-10-29-11-16(14)15)7-17(24-18)21(26)13-5-3-4-6-20(13)28-2/h3-8,14-16,21,26H,9-11H2,1-2H3,(H,23,27)/t14?,15-,16+,21?. The monoisotopic (exact) mass is 396 g/mol. The molecule has 0 radical (unpaired) electrons. The second-order valence-corrected chi connectivity index (χ2v) is 7.55. The summed E-state index contributed by atoms with van der Waals surface area (Å²) in [5.74, 6) is 1.33. The number of nitrogens with one attached hydrogen (secondary N) is 1. The first-order valence-electron chi connectivity index (χ1n) is 9.69. The average Bonchev–Trinajstić information content (AvgIpc) is 3.17. The van der Waals surface area contributed by atoms with Crippen LogP contribution in [0.3, 0.4) is 0 Å². The molecule has 0 bridgehead atoms. The van der Waals surface area contributed by atoms with Crippen LogP contribution in [0, 0.1) is 17.8 Å². The summed E-state index contributed by atoms with van der Waals surface area (Å²) >= 11 is 0. The summed E-state index contributed by atoms with van der Waals surface area (Å²) in [7, 11) is 3.02. The molecule has 1 aromatic heterocycles. The molecule has 2 heterocycles. The summed E-state index contributed by atoms with van der Waals surface area (Å²) in [5.41, 5.74) is 1.23. The summed E-state index contributed by atoms with van der Waals surface area (Å²) in [6.45, 7) is 1.44. The maximum Gasteiger partial charge on any atom is 0.269 e. The predicted molar refractivity (Wildman–Crippen MR) is 105 cm³/mol. The molecular formula is C22H24N2O5. The fourth-order valence-corrected chi connectivity index (χ4v) is 4.14. The van der Waals surface area contributed by atoms with Crippen molar-refractivity contribution in [2.24, 2.45) is 17.8 Å². The van der Waals surface area contributed by atoms with E-state index in [1.165, 1.54) is 20.2 Å². The molecule has 2 fully saturated rings. The number of para-hydroxylation sites is 1. The minimum absolute atomic E-state index is 0.0505. The number of ether oxygens (including phenoxy) is 2. The highest BCUT2D eigenvalue weighted by Crippen LogP contribution is 2.53. The molecular weight excluding hydrogens is 372 g/mol. The van der Waals surface area contributed by atoms with E-state index >= 15 is 0 Å². The lowest BCUT2D eigenvalue weighted by Crippen LogP contribution is -2.21. The zero-order chi connectivity index (χ0) is 20.5. The summed E-state index contributed by atoms with van der Waals surface area (Å²) in [6.07, 6.45) is -0.712. The van der Waals surface area contributed by atoms with E-state index < -0.39 is 12.0 Å². The number of aliphatic hydroxyl groups is 1. The molecule has 4 atom stereocenters. The first-order chi connectivity index (χ1) is 14.0. The van der Waals surface area contributed by atoms with Gasteiger partial charge in [0, 0.05) is 24.6 Å². The lowest BCUT2D eigenvalue weighted by Gasteiger charge is -2.16. The molecule has 1 aliphatic carbocycles. The van der Waals surface area contributed by atoms with Crippen molar-refractivity contribution < 1.29 is 24.2 Å². The van der Waals surface area contributed by atoms with Crippen molar-refractivity contribution in [1.82, 2.24) is 10.3 Å². The summed E-state index contributed by atoms with van der Waals surface area (Å²) < 4.78 is 10.7. The van der Waals surface area contributed by atoms with Crippen LogP contribution in [0.4, 0.5) is 0 Å². The third-order valence-corrected chi connectivity index (χ3v) is 5.89. The predicted octanol–water partition coefficient (Wildman–Crippen LogP) is 2.00. The number of nitrogens with zero attached hydrogens (tertiary/aromatic N) is 1. The Hall–Kier alpha value is -2.77. The number of pyridine rings is 1. The Morgan fingerprint density at radius 2 is 2.00 bits per heavy atom. The number of fused-ring (bicyclic) bond motifs is 1. The van der Waals surface area contributed by atoms with Gasteiger partial charge in [-0.25, -0.2) is 4.98 Å². The first kappa shape index (κ1) is 19.5. The Bertz CT molecular complexity index is 935. The fourth-order valence-electron chi connectivity index (χ4n) is 4.14. The molecule has 7 nitrogen and oxygen atoms in total. The van der Waals surface area contributed by atoms with Crippen molar-refractivity contribution in [3.05, 3.63) is 58.9 Å². The Balaban J connectivity index is 1.65. The number of hydrogen-bond donors (Lipinski definition) is 2. The van der Waals surface area contributed by atoms with Gasteiger partial charge in [0.2, 0.25) is 0 Å². The summed E-state index contributed by atoms with van der Waals surface area (Å²) in [5, 5.41) is 13.4. The highest BCUT2D eigenvalue weighted by molar-refractivity contribution is 6.00. The van der Waals surface area contributed by atoms with E-state index in [-0.39, 0.29) is 17.2 Å². The molecule has 1 saturated heterocycles. The van der Waals surface area contributed by atoms with E-state index in [4.69, 9.17) is 9.47 Å². The SMILES string of the molecule is CNC(=O)c1cc(C(=O)CC2[C@H]3COC[C@@H]23)cc(C(O)c2ccccc2OC)n1. The normalized spacial score (nSPS) is 23.2. The number of benzene rings is 1. The topological polar surface area (TPSA) is 97.8 Å². The van der Waals surface area contributed by atoms with E-state index in [1.807, 2.05) is 0 Å². The number of carbonyl (C=O) groups excluding carboxylic acids is 2. The molecule has 2 N–H and O–H groups in total. The highest BCUT2D eigenvalue weighted by atomic mass is 16.5. The number of amides is 1. The van der Waals surface area contributed by atoms with Crippen molar-refractivity contribution in [2.75, 3.05) is 27.4 Å². The van der Waals surface area contributed by atoms with Gasteiger partial charge in [0.25, 0.3) is 5.91 Å². The molecule has 29 heavy (non-hydrogen) atoms. The Morgan fingerprint density at radius 1 is 1.28 bits per heavy atom. The number of methoxy groups -OCH3 is 1. The Morgan fingerprint density at radius 3 is 2.69 bits per heavy atom. The van der Waals surface area contributed by atoms with Crippen molar-refractivity contribution >= 4 is 11.7 Å². The van der Waals surface area contributed by atoms with E-state index in [1.54, 1.807) is 30.3 Å². The van der Waals surface area contributed by atoms with Gasteiger partial charge in [-0.15, -0.1) is 0 Å². The van der Waals surface area contributed by atoms with Crippen molar-refractivity contribution in [2.45, 2.75) is 12.5 Å². The molecule has 7 heteroatoms. The number of Topliss-reactive ketones (excluding diaryl/α,β-unsaturated/α-hetero) is 1. The van der Waals surface area contributed by atoms with Gasteiger partial charge in [-0.2, -0.15) is 0 Å². The number of hydrogen-bond acceptors (Lipinski definition) is 6. The second kappa shape index (κ2) is 7.93. The number of aromatic nitrogens is 1. The zero-order valence-electron chi connectivity index (χ0n) is 16.4. The van der Waals surface area contributed by atoms with Gasteiger partial charge in [0.1, 0.15) is 17.5 Å². The van der Waals surface area contributed by atoms with Crippen LogP contribution in [-0.2, 0) is 4.74 Å². The van der Waals surface area contributed by atoms with E-state index in [2.05, 4.69) is 10.3 Å². The van der Waals surface area contributed by atoms with Crippen molar-refractivity contribution in [3.8, 4) is 5.75 Å². The summed E-state index contributed by atoms with van der Waals surface area (Å²) in [4.78, 5) is 29.4. The van der Waals surface area contributed by atoms with Crippen molar-refractivity contribution in [1.29, 1.82) is 0 Å². The van der Waals surface area contributed by atoms with E-state index in [9.17, 15) is 14.7 Å². The van der Waals surface area contributed by atoms with Gasteiger partial charge in [0.15, 0.2) is 5.78 Å². The van der Waals surface area contributed by atoms with Gasteiger partial charge < -0.3 is 19.9 Å². The van der Waals surface area contributed by atoms with Crippen LogP contribution in [0.2, 0.25) is 0 Å². The minimum atomic E-state index is -1.13. The molecule has 2 unspecified atom stereocenters. The van der Waals surface area contributed by atoms with Crippen molar-refractivity contribution in [3.63, 3.8) is 0 Å². The van der Waals surface area contributed by atoms with Crippen LogP contribution < -0.4 is 10.1 Å². The largest absolute Gasteiger partial charge is 0.496 e. The smallest absolute Gasteiger partial charge is 0.269 e. The van der Waals surface area contributed by atoms with Crippen LogP contribution in [0.1, 0.15) is 44.6 Å². The minimum Gasteiger partial charge on any atom is -0.496 e. The van der Waals surface area contributed by atoms with Gasteiger partial charge in [0.05, 0.1) is 26.0 Å². The Kier molecular flexibility index (Phi) is 5.34. The fraction of sp³-hybridized carbons (Fsp3) is 0.409. The van der Waals surface area contributed by atoms with Gasteiger partial charge in [-0.05, 0) is 36.0 Å². The molecule has 0 spiro atoms. The number of aliphatic hydroxyl groups excluding tert-OH is 1. The number of carbonyl (C=O) groups is 2. The quantitative estimate of drug-likeness (QED) is 0.695. The van der Waals surface area contributed by atoms with Crippen LogP contribution in [-0.4, -0.2) is 49.2 Å². The molecule has 4 rings (SSSR count). The summed E-state index contributed by atoms with van der Waals surface area (Å²) in [6, 6.07) is 10.1. The van der Waals surface area contributed by atoms with E-state index in [0.717, 1.165) is 13.2 Å². The highest BCUT2D eigenvalue weighted by Gasteiger charge is 2.54. The molecule has 2 aliphatic rings. The van der Waals surface area contributed by atoms with Crippen LogP contribution in [0.5, 0.6) is 5.75 Å². The molecule has 1 saturated carbocycles. The van der Waals surface area contributed by atoms with Crippen LogP contribution in [0.25, 0.3) is 0 Å². The second-order valence-electron chi connectivity index (χ2n) is 7.55. The average molecular weight is 396 g/mol. The van der Waals surface area contributed by atoms with E-state index in [0.29, 0.717) is 41.1 Å². The first-order valence-corrected chi connectivity index (χ1v) is 9.69. The molecule has 1 amide bonds. The zero-order valence-corrected chi connectivity index (χ0v) is 16.4.